The van der Waals surface area contributed by atoms with E-state index in [4.69, 9.17) is 9.47 Å². The molecule has 0 aliphatic carbocycles. The van der Waals surface area contributed by atoms with E-state index in [1.807, 2.05) is 0 Å². The fourth-order valence-corrected chi connectivity index (χ4v) is 9.05. The van der Waals surface area contributed by atoms with Crippen molar-refractivity contribution in [3.8, 4) is 0 Å². The molecule has 0 aromatic heterocycles. The molecule has 78 heavy (non-hydrogen) atoms. The van der Waals surface area contributed by atoms with Crippen LogP contribution < -0.4 is 0 Å². The maximum absolute atomic E-state index is 12.4. The first-order valence-electron chi connectivity index (χ1n) is 32.7. The van der Waals surface area contributed by atoms with Gasteiger partial charge in [0.15, 0.2) is 6.10 Å². The van der Waals surface area contributed by atoms with E-state index in [-0.39, 0.29) is 25.2 Å². The van der Waals surface area contributed by atoms with Gasteiger partial charge in [0.2, 0.25) is 0 Å². The molecule has 0 rings (SSSR count). The highest BCUT2D eigenvalue weighted by atomic mass is 16.6. The van der Waals surface area contributed by atoms with Crippen LogP contribution in [0.1, 0.15) is 296 Å². The standard InChI is InChI=1S/C73H122O5/c1-3-5-7-9-11-13-15-17-19-21-23-25-27-29-31-32-33-34-35-36-37-38-39-40-42-44-46-48-50-52-54-56-58-60-62-64-66-68-73(76)78-71(69-74)70-77-72(75)67-65-63-61-59-57-55-53-51-49-47-45-43-41-30-28-26-24-22-20-18-16-14-12-10-8-6-4-2/h5,7,11,13,16-19,22-25,28-31,33-34,36-37,39-40,71,74H,3-4,6,8-10,12,14-15,20-21,26-27,32,35,38,41-70H2,1-2H3/b7-5-,13-11-,18-16-,19-17-,24-22-,25-23-,30-28-,31-29-,34-33-,37-36-,40-39-. The van der Waals surface area contributed by atoms with Crippen molar-refractivity contribution >= 4 is 11.9 Å². The summed E-state index contributed by atoms with van der Waals surface area (Å²) in [6.07, 6.45) is 100. The molecule has 5 heteroatoms. The van der Waals surface area contributed by atoms with E-state index < -0.39 is 6.10 Å². The van der Waals surface area contributed by atoms with E-state index in [0.29, 0.717) is 12.8 Å². The highest BCUT2D eigenvalue weighted by molar-refractivity contribution is 5.70. The highest BCUT2D eigenvalue weighted by Gasteiger charge is 2.16. The summed E-state index contributed by atoms with van der Waals surface area (Å²) in [5.41, 5.74) is 0. The Kier molecular flexibility index (Phi) is 63.9. The number of carbonyl (C=O) groups is 2. The number of hydrogen-bond acceptors (Lipinski definition) is 5. The summed E-state index contributed by atoms with van der Waals surface area (Å²) in [6.45, 7) is 4.03. The minimum absolute atomic E-state index is 0.0726. The number of aliphatic hydroxyl groups excluding tert-OH is 1. The highest BCUT2D eigenvalue weighted by Crippen LogP contribution is 2.16. The molecule has 444 valence electrons. The van der Waals surface area contributed by atoms with Crippen LogP contribution in [0.5, 0.6) is 0 Å². The van der Waals surface area contributed by atoms with E-state index in [0.717, 1.165) is 103 Å². The number of unbranched alkanes of at least 4 members (excludes halogenated alkanes) is 29. The number of ether oxygens (including phenoxy) is 2. The topological polar surface area (TPSA) is 72.8 Å². The zero-order chi connectivity index (χ0) is 56.2. The van der Waals surface area contributed by atoms with Crippen LogP contribution in [0.4, 0.5) is 0 Å². The van der Waals surface area contributed by atoms with Crippen LogP contribution in [-0.4, -0.2) is 36.4 Å². The largest absolute Gasteiger partial charge is 0.462 e. The summed E-state index contributed by atoms with van der Waals surface area (Å²) in [4.78, 5) is 24.6. The molecule has 0 aromatic rings. The second-order valence-corrected chi connectivity index (χ2v) is 21.5. The number of esters is 2. The molecule has 0 aliphatic rings. The van der Waals surface area contributed by atoms with Gasteiger partial charge in [0.1, 0.15) is 6.61 Å². The maximum atomic E-state index is 12.4. The zero-order valence-electron chi connectivity index (χ0n) is 50.9. The van der Waals surface area contributed by atoms with Crippen molar-refractivity contribution in [2.24, 2.45) is 0 Å². The lowest BCUT2D eigenvalue weighted by atomic mass is 10.0. The van der Waals surface area contributed by atoms with Crippen LogP contribution in [0.15, 0.2) is 134 Å². The second kappa shape index (κ2) is 67.3. The molecular weight excluding hydrogens is 957 g/mol. The fraction of sp³-hybridized carbons (Fsp3) is 0.671. The van der Waals surface area contributed by atoms with Gasteiger partial charge in [0.25, 0.3) is 0 Å². The smallest absolute Gasteiger partial charge is 0.306 e. The average Bonchev–Trinajstić information content (AvgIpc) is 3.44. The van der Waals surface area contributed by atoms with Crippen LogP contribution in [0, 0.1) is 0 Å². The summed E-state index contributed by atoms with van der Waals surface area (Å²) in [5, 5.41) is 9.69. The number of carbonyl (C=O) groups excluding carboxylic acids is 2. The lowest BCUT2D eigenvalue weighted by molar-refractivity contribution is -0.161. The Labute approximate surface area is 483 Å². The van der Waals surface area contributed by atoms with Gasteiger partial charge in [0, 0.05) is 12.8 Å². The van der Waals surface area contributed by atoms with Gasteiger partial charge >= 0.3 is 11.9 Å². The number of rotatable bonds is 59. The number of allylic oxidation sites excluding steroid dienone is 22. The van der Waals surface area contributed by atoms with Crippen molar-refractivity contribution in [2.75, 3.05) is 13.2 Å². The van der Waals surface area contributed by atoms with Crippen LogP contribution in [0.3, 0.4) is 0 Å². The van der Waals surface area contributed by atoms with E-state index in [2.05, 4.69) is 148 Å². The zero-order valence-corrected chi connectivity index (χ0v) is 50.9. The third kappa shape index (κ3) is 64.6. The molecule has 0 radical (unpaired) electrons. The van der Waals surface area contributed by atoms with Crippen LogP contribution >= 0.6 is 0 Å². The molecule has 1 atom stereocenters. The molecule has 0 aliphatic heterocycles. The predicted octanol–water partition coefficient (Wildman–Crippen LogP) is 22.8. The van der Waals surface area contributed by atoms with Crippen molar-refractivity contribution in [1.29, 1.82) is 0 Å². The van der Waals surface area contributed by atoms with Gasteiger partial charge in [-0.25, -0.2) is 0 Å². The predicted molar refractivity (Wildman–Crippen MR) is 343 cm³/mol. The van der Waals surface area contributed by atoms with Gasteiger partial charge in [-0.15, -0.1) is 0 Å². The summed E-state index contributed by atoms with van der Waals surface area (Å²) in [6, 6.07) is 0. The lowest BCUT2D eigenvalue weighted by Crippen LogP contribution is -2.28. The van der Waals surface area contributed by atoms with Gasteiger partial charge < -0.3 is 14.6 Å². The minimum atomic E-state index is -0.783. The van der Waals surface area contributed by atoms with Gasteiger partial charge in [0.05, 0.1) is 6.61 Å². The Bertz CT molecular complexity index is 1600. The molecule has 0 saturated carbocycles. The Morgan fingerprint density at radius 3 is 0.833 bits per heavy atom. The molecule has 0 fully saturated rings. The summed E-state index contributed by atoms with van der Waals surface area (Å²) >= 11 is 0. The molecule has 0 aromatic carbocycles. The molecular formula is C73H122O5. The van der Waals surface area contributed by atoms with Crippen LogP contribution in [0.25, 0.3) is 0 Å². The summed E-state index contributed by atoms with van der Waals surface area (Å²) in [7, 11) is 0. The first kappa shape index (κ1) is 74.0. The fourth-order valence-electron chi connectivity index (χ4n) is 9.05. The second-order valence-electron chi connectivity index (χ2n) is 21.5. The SMILES string of the molecule is CC/C=C\C/C=C\C/C=C\C/C=C\C/C=C\C/C=C\C/C=C\C/C=C\CCCCCCCCCCCCCCC(=O)OC(CO)COC(=O)CCCCCCCCCCCCCC/C=C\C/C=C\C/C=C\CCCCCCC. The molecule has 5 nitrogen and oxygen atoms in total. The maximum Gasteiger partial charge on any atom is 0.306 e. The quantitative estimate of drug-likeness (QED) is 0.0373. The van der Waals surface area contributed by atoms with Crippen molar-refractivity contribution in [1.82, 2.24) is 0 Å². The van der Waals surface area contributed by atoms with Gasteiger partial charge in [-0.05, 0) is 116 Å². The van der Waals surface area contributed by atoms with Crippen molar-refractivity contribution < 1.29 is 24.2 Å². The van der Waals surface area contributed by atoms with E-state index >= 15 is 0 Å². The molecule has 0 bridgehead atoms. The monoisotopic (exact) mass is 1080 g/mol. The lowest BCUT2D eigenvalue weighted by Gasteiger charge is -2.15. The van der Waals surface area contributed by atoms with E-state index in [1.165, 1.54) is 167 Å². The molecule has 0 spiro atoms. The first-order chi connectivity index (χ1) is 38.6. The van der Waals surface area contributed by atoms with E-state index in [9.17, 15) is 14.7 Å². The van der Waals surface area contributed by atoms with Crippen molar-refractivity contribution in [2.45, 2.75) is 302 Å². The van der Waals surface area contributed by atoms with Crippen LogP contribution in [0.2, 0.25) is 0 Å². The first-order valence-corrected chi connectivity index (χ1v) is 32.7. The van der Waals surface area contributed by atoms with Crippen LogP contribution in [-0.2, 0) is 19.1 Å². The Balaban J connectivity index is 3.53. The Morgan fingerprint density at radius 1 is 0.308 bits per heavy atom. The third-order valence-corrected chi connectivity index (χ3v) is 13.9. The van der Waals surface area contributed by atoms with E-state index in [1.54, 1.807) is 0 Å². The molecule has 0 saturated heterocycles. The summed E-state index contributed by atoms with van der Waals surface area (Å²) < 4.78 is 10.7. The normalized spacial score (nSPS) is 13.1. The average molecular weight is 1080 g/mol. The Morgan fingerprint density at radius 2 is 0.551 bits per heavy atom. The third-order valence-electron chi connectivity index (χ3n) is 13.9. The summed E-state index contributed by atoms with van der Waals surface area (Å²) in [5.74, 6) is -0.594. The molecule has 0 heterocycles. The molecule has 0 amide bonds. The van der Waals surface area contributed by atoms with Crippen molar-refractivity contribution in [3.05, 3.63) is 134 Å². The van der Waals surface area contributed by atoms with Gasteiger partial charge in [-0.2, -0.15) is 0 Å². The van der Waals surface area contributed by atoms with Gasteiger partial charge in [-0.3, -0.25) is 9.59 Å². The molecule has 1 N–H and O–H groups in total. The number of aliphatic hydroxyl groups is 1. The van der Waals surface area contributed by atoms with Crippen molar-refractivity contribution in [3.63, 3.8) is 0 Å². The minimum Gasteiger partial charge on any atom is -0.462 e. The van der Waals surface area contributed by atoms with Gasteiger partial charge in [-0.1, -0.05) is 302 Å². The Hall–Kier alpha value is -3.96. The number of hydrogen-bond donors (Lipinski definition) is 1. The molecule has 1 unspecified atom stereocenters.